The van der Waals surface area contributed by atoms with Crippen LogP contribution in [0.2, 0.25) is 0 Å². The third-order valence-electron chi connectivity index (χ3n) is 6.65. The van der Waals surface area contributed by atoms with E-state index >= 15 is 0 Å². The van der Waals surface area contributed by atoms with Gasteiger partial charge in [0.25, 0.3) is 0 Å². The maximum absolute atomic E-state index is 6.13. The van der Waals surface area contributed by atoms with Gasteiger partial charge in [0.1, 0.15) is 5.65 Å². The topological polar surface area (TPSA) is 49.8 Å². The number of nitrogens with zero attached hydrogens (tertiary/aromatic N) is 4. The Balaban J connectivity index is 1.54. The number of fused-ring (bicyclic) bond motifs is 2. The van der Waals surface area contributed by atoms with Crippen molar-refractivity contribution in [2.75, 3.05) is 38.5 Å². The van der Waals surface area contributed by atoms with Gasteiger partial charge in [-0.15, -0.1) is 0 Å². The summed E-state index contributed by atoms with van der Waals surface area (Å²) >= 11 is 0. The summed E-state index contributed by atoms with van der Waals surface area (Å²) in [6.07, 6.45) is 7.05. The number of benzene rings is 1. The predicted molar refractivity (Wildman–Crippen MR) is 119 cm³/mol. The Morgan fingerprint density at radius 3 is 2.48 bits per heavy atom. The zero-order valence-electron chi connectivity index (χ0n) is 17.4. The fourth-order valence-corrected chi connectivity index (χ4v) is 4.85. The molecule has 0 bridgehead atoms. The minimum atomic E-state index is 0.781. The van der Waals surface area contributed by atoms with Crippen molar-refractivity contribution in [3.8, 4) is 11.3 Å². The molecule has 152 valence electrons. The van der Waals surface area contributed by atoms with E-state index in [1.165, 1.54) is 48.1 Å². The van der Waals surface area contributed by atoms with E-state index < -0.39 is 0 Å². The summed E-state index contributed by atoms with van der Waals surface area (Å²) in [5, 5.41) is 0. The van der Waals surface area contributed by atoms with Gasteiger partial charge in [-0.2, -0.15) is 0 Å². The number of hydrogen-bond acceptors (Lipinski definition) is 4. The Morgan fingerprint density at radius 2 is 1.69 bits per heavy atom. The Morgan fingerprint density at radius 1 is 0.931 bits per heavy atom. The molecule has 5 nitrogen and oxygen atoms in total. The molecule has 2 aromatic heterocycles. The first-order chi connectivity index (χ1) is 14.2. The smallest absolute Gasteiger partial charge is 0.137 e. The van der Waals surface area contributed by atoms with Gasteiger partial charge in [-0.3, -0.25) is 4.90 Å². The van der Waals surface area contributed by atoms with Crippen molar-refractivity contribution in [3.63, 3.8) is 0 Å². The SMILES string of the molecule is CCN1CCN(Cc2c(-c3ccc4c(c3)CCCC4)nc3ccc(N)cn23)CC1. The molecule has 1 aliphatic heterocycles. The molecule has 1 saturated heterocycles. The zero-order chi connectivity index (χ0) is 19.8. The molecule has 0 saturated carbocycles. The highest BCUT2D eigenvalue weighted by atomic mass is 15.3. The third kappa shape index (κ3) is 3.65. The van der Waals surface area contributed by atoms with E-state index in [2.05, 4.69) is 39.3 Å². The summed E-state index contributed by atoms with van der Waals surface area (Å²) in [6.45, 7) is 8.79. The number of piperazine rings is 1. The molecule has 2 N–H and O–H groups in total. The summed E-state index contributed by atoms with van der Waals surface area (Å²) in [6, 6.07) is 11.0. The summed E-state index contributed by atoms with van der Waals surface area (Å²) < 4.78 is 2.20. The van der Waals surface area contributed by atoms with Gasteiger partial charge < -0.3 is 15.0 Å². The Hall–Kier alpha value is -2.37. The number of rotatable bonds is 4. The number of nitrogens with two attached hydrogens (primary N) is 1. The molecule has 0 unspecified atom stereocenters. The number of pyridine rings is 1. The maximum atomic E-state index is 6.13. The van der Waals surface area contributed by atoms with E-state index in [4.69, 9.17) is 10.7 Å². The maximum Gasteiger partial charge on any atom is 0.137 e. The van der Waals surface area contributed by atoms with E-state index in [0.717, 1.165) is 56.3 Å². The number of aryl methyl sites for hydroxylation is 2. The van der Waals surface area contributed by atoms with Crippen LogP contribution < -0.4 is 5.73 Å². The van der Waals surface area contributed by atoms with Gasteiger partial charge in [-0.25, -0.2) is 4.98 Å². The second-order valence-corrected chi connectivity index (χ2v) is 8.50. The summed E-state index contributed by atoms with van der Waals surface area (Å²) in [5.41, 5.74) is 14.5. The minimum Gasteiger partial charge on any atom is -0.398 e. The molecule has 1 fully saturated rings. The number of likely N-dealkylation sites (N-methyl/N-ethyl adjacent to an activating group) is 1. The lowest BCUT2D eigenvalue weighted by Crippen LogP contribution is -2.45. The van der Waals surface area contributed by atoms with Gasteiger partial charge in [-0.05, 0) is 61.6 Å². The second kappa shape index (κ2) is 7.81. The normalized spacial score (nSPS) is 18.2. The fraction of sp³-hybridized carbons (Fsp3) is 0.458. The predicted octanol–water partition coefficient (Wildman–Crippen LogP) is 3.60. The summed E-state index contributed by atoms with van der Waals surface area (Å²) in [4.78, 5) is 10.1. The van der Waals surface area contributed by atoms with Crippen molar-refractivity contribution in [2.45, 2.75) is 39.2 Å². The Kier molecular flexibility index (Phi) is 5.02. The van der Waals surface area contributed by atoms with Gasteiger partial charge in [0.2, 0.25) is 0 Å². The lowest BCUT2D eigenvalue weighted by molar-refractivity contribution is 0.131. The van der Waals surface area contributed by atoms with Crippen molar-refractivity contribution in [3.05, 3.63) is 53.3 Å². The van der Waals surface area contributed by atoms with E-state index in [0.29, 0.717) is 0 Å². The first-order valence-corrected chi connectivity index (χ1v) is 11.0. The molecule has 1 aliphatic carbocycles. The quantitative estimate of drug-likeness (QED) is 0.741. The standard InChI is InChI=1S/C24H31N5/c1-2-27-11-13-28(14-12-27)17-22-24(26-23-10-9-21(25)16-29(22)23)20-8-7-18-5-3-4-6-19(18)15-20/h7-10,15-16H,2-6,11-14,17,25H2,1H3. The van der Waals surface area contributed by atoms with Crippen LogP contribution in [0.15, 0.2) is 36.5 Å². The molecule has 2 aliphatic rings. The summed E-state index contributed by atoms with van der Waals surface area (Å²) in [5.74, 6) is 0. The van der Waals surface area contributed by atoms with Crippen LogP contribution in [0.5, 0.6) is 0 Å². The van der Waals surface area contributed by atoms with Crippen LogP contribution in [-0.4, -0.2) is 51.9 Å². The lowest BCUT2D eigenvalue weighted by atomic mass is 9.90. The average molecular weight is 390 g/mol. The molecule has 0 radical (unpaired) electrons. The van der Waals surface area contributed by atoms with Crippen LogP contribution in [0, 0.1) is 0 Å². The monoisotopic (exact) mass is 389 g/mol. The van der Waals surface area contributed by atoms with Gasteiger partial charge in [0.15, 0.2) is 0 Å². The number of nitrogen functional groups attached to an aromatic ring is 1. The van der Waals surface area contributed by atoms with Crippen LogP contribution in [0.1, 0.15) is 36.6 Å². The van der Waals surface area contributed by atoms with Gasteiger partial charge in [0, 0.05) is 50.2 Å². The zero-order valence-corrected chi connectivity index (χ0v) is 17.4. The molecule has 0 spiro atoms. The van der Waals surface area contributed by atoms with Crippen LogP contribution >= 0.6 is 0 Å². The van der Waals surface area contributed by atoms with E-state index in [-0.39, 0.29) is 0 Å². The third-order valence-corrected chi connectivity index (χ3v) is 6.65. The highest BCUT2D eigenvalue weighted by Gasteiger charge is 2.21. The number of hydrogen-bond donors (Lipinski definition) is 1. The van der Waals surface area contributed by atoms with Gasteiger partial charge in [0.05, 0.1) is 11.4 Å². The summed E-state index contributed by atoms with van der Waals surface area (Å²) in [7, 11) is 0. The van der Waals surface area contributed by atoms with E-state index in [1.54, 1.807) is 0 Å². The molecule has 29 heavy (non-hydrogen) atoms. The molecule has 0 amide bonds. The van der Waals surface area contributed by atoms with Crippen molar-refractivity contribution >= 4 is 11.3 Å². The van der Waals surface area contributed by atoms with Crippen molar-refractivity contribution in [2.24, 2.45) is 0 Å². The lowest BCUT2D eigenvalue weighted by Gasteiger charge is -2.34. The molecule has 5 heteroatoms. The Labute approximate surface area is 173 Å². The van der Waals surface area contributed by atoms with Crippen LogP contribution in [-0.2, 0) is 19.4 Å². The molecule has 0 atom stereocenters. The molecule has 1 aromatic carbocycles. The molecule has 3 aromatic rings. The Bertz CT molecular complexity index is 1010. The average Bonchev–Trinajstić information content (AvgIpc) is 3.11. The molecule has 5 rings (SSSR count). The van der Waals surface area contributed by atoms with Gasteiger partial charge >= 0.3 is 0 Å². The van der Waals surface area contributed by atoms with Crippen LogP contribution in [0.4, 0.5) is 5.69 Å². The van der Waals surface area contributed by atoms with Gasteiger partial charge in [-0.1, -0.05) is 19.1 Å². The van der Waals surface area contributed by atoms with E-state index in [1.807, 2.05) is 18.3 Å². The van der Waals surface area contributed by atoms with Crippen LogP contribution in [0.3, 0.4) is 0 Å². The fourth-order valence-electron chi connectivity index (χ4n) is 4.85. The molecular formula is C24H31N5. The number of imidazole rings is 1. The van der Waals surface area contributed by atoms with Crippen molar-refractivity contribution in [1.29, 1.82) is 0 Å². The molecular weight excluding hydrogens is 358 g/mol. The highest BCUT2D eigenvalue weighted by Crippen LogP contribution is 2.31. The second-order valence-electron chi connectivity index (χ2n) is 8.50. The highest BCUT2D eigenvalue weighted by molar-refractivity contribution is 5.68. The first-order valence-electron chi connectivity index (χ1n) is 11.0. The number of anilines is 1. The molecule has 3 heterocycles. The van der Waals surface area contributed by atoms with Crippen LogP contribution in [0.25, 0.3) is 16.9 Å². The largest absolute Gasteiger partial charge is 0.398 e. The van der Waals surface area contributed by atoms with E-state index in [9.17, 15) is 0 Å². The van der Waals surface area contributed by atoms with Crippen molar-refractivity contribution in [1.82, 2.24) is 19.2 Å². The minimum absolute atomic E-state index is 0.781. The number of aromatic nitrogens is 2. The van der Waals surface area contributed by atoms with Crippen molar-refractivity contribution < 1.29 is 0 Å². The first kappa shape index (κ1) is 18.6.